The van der Waals surface area contributed by atoms with Gasteiger partial charge in [0.2, 0.25) is 5.88 Å². The maximum atomic E-state index is 10.7. The van der Waals surface area contributed by atoms with Crippen molar-refractivity contribution in [1.29, 1.82) is 0 Å². The molecule has 0 aliphatic rings. The predicted octanol–water partition coefficient (Wildman–Crippen LogP) is 1.57. The molecule has 0 bridgehead atoms. The summed E-state index contributed by atoms with van der Waals surface area (Å²) in [7, 11) is 0. The minimum Gasteiger partial charge on any atom is -0.477 e. The van der Waals surface area contributed by atoms with Gasteiger partial charge in [-0.2, -0.15) is 0 Å². The van der Waals surface area contributed by atoms with Crippen molar-refractivity contribution < 1.29 is 14.6 Å². The molecule has 0 radical (unpaired) electrons. The molecule has 0 aliphatic carbocycles. The first kappa shape index (κ1) is 9.51. The van der Waals surface area contributed by atoms with Crippen LogP contribution < -0.4 is 4.74 Å². The van der Waals surface area contributed by atoms with Gasteiger partial charge in [-0.05, 0) is 18.6 Å². The standard InChI is InChI=1S/C9H11NO3/c1-2-6-13-8-7(9(11)12)4-3-5-10-8/h3-5H,2,6H2,1H3,(H,11,12). The lowest BCUT2D eigenvalue weighted by Crippen LogP contribution is -2.05. The number of aromatic carboxylic acids is 1. The number of aromatic nitrogens is 1. The second-order valence-electron chi connectivity index (χ2n) is 2.51. The summed E-state index contributed by atoms with van der Waals surface area (Å²) in [5.41, 5.74) is 0.107. The van der Waals surface area contributed by atoms with Gasteiger partial charge in [-0.3, -0.25) is 0 Å². The van der Waals surface area contributed by atoms with Gasteiger partial charge in [-0.25, -0.2) is 9.78 Å². The van der Waals surface area contributed by atoms with Gasteiger partial charge in [0.25, 0.3) is 0 Å². The molecule has 4 heteroatoms. The number of ether oxygens (including phenoxy) is 1. The van der Waals surface area contributed by atoms with E-state index < -0.39 is 5.97 Å². The number of carboxylic acid groups (broad SMARTS) is 1. The Morgan fingerprint density at radius 1 is 1.69 bits per heavy atom. The van der Waals surface area contributed by atoms with Crippen LogP contribution in [0.15, 0.2) is 18.3 Å². The fourth-order valence-electron chi connectivity index (χ4n) is 0.867. The van der Waals surface area contributed by atoms with Crippen LogP contribution in [0.3, 0.4) is 0 Å². The quantitative estimate of drug-likeness (QED) is 0.765. The fraction of sp³-hybridized carbons (Fsp3) is 0.333. The summed E-state index contributed by atoms with van der Waals surface area (Å²) in [6.45, 7) is 2.43. The Bertz CT molecular complexity index is 299. The molecule has 0 saturated heterocycles. The Morgan fingerprint density at radius 2 is 2.46 bits per heavy atom. The zero-order valence-electron chi connectivity index (χ0n) is 7.36. The SMILES string of the molecule is CCCOc1ncccc1C(=O)O. The number of hydrogen-bond acceptors (Lipinski definition) is 3. The number of carboxylic acids is 1. The number of hydrogen-bond donors (Lipinski definition) is 1. The monoisotopic (exact) mass is 181 g/mol. The molecule has 0 spiro atoms. The third-order valence-electron chi connectivity index (χ3n) is 1.44. The Balaban J connectivity index is 2.84. The third-order valence-corrected chi connectivity index (χ3v) is 1.44. The number of carbonyl (C=O) groups is 1. The van der Waals surface area contributed by atoms with Crippen LogP contribution in [0.2, 0.25) is 0 Å². The molecule has 70 valence electrons. The summed E-state index contributed by atoms with van der Waals surface area (Å²) in [5.74, 6) is -0.823. The highest BCUT2D eigenvalue weighted by molar-refractivity contribution is 5.90. The molecule has 1 rings (SSSR count). The second kappa shape index (κ2) is 4.45. The first-order valence-electron chi connectivity index (χ1n) is 4.06. The molecule has 4 nitrogen and oxygen atoms in total. The van der Waals surface area contributed by atoms with Crippen molar-refractivity contribution in [2.75, 3.05) is 6.61 Å². The highest BCUT2D eigenvalue weighted by atomic mass is 16.5. The molecule has 13 heavy (non-hydrogen) atoms. The third kappa shape index (κ3) is 2.43. The van der Waals surface area contributed by atoms with E-state index in [1.165, 1.54) is 12.3 Å². The maximum absolute atomic E-state index is 10.7. The van der Waals surface area contributed by atoms with E-state index >= 15 is 0 Å². The summed E-state index contributed by atoms with van der Waals surface area (Å²) < 4.78 is 5.16. The summed E-state index contributed by atoms with van der Waals surface area (Å²) >= 11 is 0. The van der Waals surface area contributed by atoms with E-state index in [1.807, 2.05) is 6.92 Å². The average Bonchev–Trinajstić information content (AvgIpc) is 2.15. The number of rotatable bonds is 4. The largest absolute Gasteiger partial charge is 0.477 e. The summed E-state index contributed by atoms with van der Waals surface area (Å²) in [6, 6.07) is 3.04. The summed E-state index contributed by atoms with van der Waals surface area (Å²) in [6.07, 6.45) is 2.34. The van der Waals surface area contributed by atoms with E-state index in [0.29, 0.717) is 6.61 Å². The number of pyridine rings is 1. The van der Waals surface area contributed by atoms with Crippen LogP contribution in [0.25, 0.3) is 0 Å². The lowest BCUT2D eigenvalue weighted by Gasteiger charge is -2.05. The van der Waals surface area contributed by atoms with E-state index in [0.717, 1.165) is 6.42 Å². The van der Waals surface area contributed by atoms with Gasteiger partial charge in [0.05, 0.1) is 6.61 Å². The van der Waals surface area contributed by atoms with Crippen molar-refractivity contribution in [3.63, 3.8) is 0 Å². The van der Waals surface area contributed by atoms with Crippen LogP contribution >= 0.6 is 0 Å². The molecule has 0 atom stereocenters. The van der Waals surface area contributed by atoms with Crippen LogP contribution in [-0.2, 0) is 0 Å². The number of nitrogens with zero attached hydrogens (tertiary/aromatic N) is 1. The molecule has 1 N–H and O–H groups in total. The topological polar surface area (TPSA) is 59.4 Å². The van der Waals surface area contributed by atoms with E-state index in [1.54, 1.807) is 6.07 Å². The molecule has 0 aliphatic heterocycles. The van der Waals surface area contributed by atoms with Crippen LogP contribution in [-0.4, -0.2) is 22.7 Å². The minimum absolute atomic E-state index is 0.107. The Kier molecular flexibility index (Phi) is 3.25. The first-order valence-corrected chi connectivity index (χ1v) is 4.06. The van der Waals surface area contributed by atoms with Gasteiger partial charge in [0.1, 0.15) is 5.56 Å². The highest BCUT2D eigenvalue weighted by Crippen LogP contribution is 2.13. The molecule has 0 unspecified atom stereocenters. The first-order chi connectivity index (χ1) is 6.25. The van der Waals surface area contributed by atoms with Crippen LogP contribution in [0.1, 0.15) is 23.7 Å². The molecule has 0 aromatic carbocycles. The maximum Gasteiger partial charge on any atom is 0.341 e. The fourth-order valence-corrected chi connectivity index (χ4v) is 0.867. The second-order valence-corrected chi connectivity index (χ2v) is 2.51. The van der Waals surface area contributed by atoms with Gasteiger partial charge in [0, 0.05) is 6.20 Å². The van der Waals surface area contributed by atoms with Gasteiger partial charge >= 0.3 is 5.97 Å². The smallest absolute Gasteiger partial charge is 0.341 e. The molecular formula is C9H11NO3. The van der Waals surface area contributed by atoms with Crippen LogP contribution in [0, 0.1) is 0 Å². The van der Waals surface area contributed by atoms with Crippen molar-refractivity contribution in [2.24, 2.45) is 0 Å². The van der Waals surface area contributed by atoms with Crippen molar-refractivity contribution in [3.05, 3.63) is 23.9 Å². The molecule has 0 saturated carbocycles. The van der Waals surface area contributed by atoms with E-state index in [2.05, 4.69) is 4.98 Å². The van der Waals surface area contributed by atoms with Crippen molar-refractivity contribution in [1.82, 2.24) is 4.98 Å². The Hall–Kier alpha value is -1.58. The van der Waals surface area contributed by atoms with Gasteiger partial charge < -0.3 is 9.84 Å². The van der Waals surface area contributed by atoms with Crippen molar-refractivity contribution >= 4 is 5.97 Å². The minimum atomic E-state index is -1.01. The molecule has 1 heterocycles. The molecule has 1 aromatic heterocycles. The Labute approximate surface area is 76.2 Å². The molecular weight excluding hydrogens is 170 g/mol. The summed E-state index contributed by atoms with van der Waals surface area (Å²) in [4.78, 5) is 14.5. The molecule has 0 fully saturated rings. The van der Waals surface area contributed by atoms with Gasteiger partial charge in [-0.15, -0.1) is 0 Å². The van der Waals surface area contributed by atoms with E-state index in [9.17, 15) is 4.79 Å². The van der Waals surface area contributed by atoms with E-state index in [4.69, 9.17) is 9.84 Å². The lowest BCUT2D eigenvalue weighted by atomic mass is 10.3. The van der Waals surface area contributed by atoms with Gasteiger partial charge in [0.15, 0.2) is 0 Å². The predicted molar refractivity (Wildman–Crippen MR) is 47.0 cm³/mol. The van der Waals surface area contributed by atoms with Crippen LogP contribution in [0.5, 0.6) is 5.88 Å². The van der Waals surface area contributed by atoms with E-state index in [-0.39, 0.29) is 11.4 Å². The zero-order valence-corrected chi connectivity index (χ0v) is 7.36. The zero-order chi connectivity index (χ0) is 9.68. The normalized spacial score (nSPS) is 9.62. The molecule has 1 aromatic rings. The van der Waals surface area contributed by atoms with Crippen LogP contribution in [0.4, 0.5) is 0 Å². The van der Waals surface area contributed by atoms with Crippen molar-refractivity contribution in [2.45, 2.75) is 13.3 Å². The Morgan fingerprint density at radius 3 is 3.08 bits per heavy atom. The van der Waals surface area contributed by atoms with Gasteiger partial charge in [-0.1, -0.05) is 6.92 Å². The molecule has 0 amide bonds. The summed E-state index contributed by atoms with van der Waals surface area (Å²) in [5, 5.41) is 8.74. The highest BCUT2D eigenvalue weighted by Gasteiger charge is 2.10. The van der Waals surface area contributed by atoms with Crippen molar-refractivity contribution in [3.8, 4) is 5.88 Å². The lowest BCUT2D eigenvalue weighted by molar-refractivity contribution is 0.0691. The average molecular weight is 181 g/mol.